The van der Waals surface area contributed by atoms with Crippen molar-refractivity contribution in [3.8, 4) is 0 Å². The Hall–Kier alpha value is -2.57. The lowest BCUT2D eigenvalue weighted by Crippen LogP contribution is -2.12. The van der Waals surface area contributed by atoms with Crippen molar-refractivity contribution in [2.45, 2.75) is 25.9 Å². The first-order valence-electron chi connectivity index (χ1n) is 6.20. The van der Waals surface area contributed by atoms with Crippen LogP contribution >= 0.6 is 0 Å². The Bertz CT molecular complexity index is 446. The molecule has 0 aliphatic carbocycles. The standard InChI is InChI=1S/C8H9NO2.C6H10O4/c9-8(10)11-6-7-4-2-1-3-5-7;1-10-6(9)4-2-3-5(7)8/h1-5H,6H2,(H2,9,10);2-4H2,1H3,(H,7,8). The first-order chi connectivity index (χ1) is 9.95. The number of benzene rings is 1. The molecule has 1 aromatic carbocycles. The zero-order chi connectivity index (χ0) is 16.1. The number of carbonyl (C=O) groups is 3. The van der Waals surface area contributed by atoms with E-state index in [9.17, 15) is 14.4 Å². The second-order valence-electron chi connectivity index (χ2n) is 3.92. The summed E-state index contributed by atoms with van der Waals surface area (Å²) in [6.07, 6.45) is -0.186. The van der Waals surface area contributed by atoms with E-state index in [4.69, 9.17) is 10.8 Å². The molecule has 0 aliphatic rings. The van der Waals surface area contributed by atoms with Gasteiger partial charge < -0.3 is 20.3 Å². The summed E-state index contributed by atoms with van der Waals surface area (Å²) in [4.78, 5) is 30.5. The van der Waals surface area contributed by atoms with E-state index in [1.807, 2.05) is 30.3 Å². The number of esters is 1. The molecule has 0 unspecified atom stereocenters. The van der Waals surface area contributed by atoms with E-state index in [0.717, 1.165) is 5.56 Å². The number of nitrogens with two attached hydrogens (primary N) is 1. The fraction of sp³-hybridized carbons (Fsp3) is 0.357. The third-order valence-electron chi connectivity index (χ3n) is 2.22. The monoisotopic (exact) mass is 297 g/mol. The van der Waals surface area contributed by atoms with Gasteiger partial charge in [0, 0.05) is 12.8 Å². The summed E-state index contributed by atoms with van der Waals surface area (Å²) < 4.78 is 8.87. The van der Waals surface area contributed by atoms with E-state index >= 15 is 0 Å². The third-order valence-corrected chi connectivity index (χ3v) is 2.22. The number of carboxylic acid groups (broad SMARTS) is 1. The van der Waals surface area contributed by atoms with Gasteiger partial charge in [0.15, 0.2) is 0 Å². The van der Waals surface area contributed by atoms with E-state index in [2.05, 4.69) is 9.47 Å². The van der Waals surface area contributed by atoms with E-state index in [1.165, 1.54) is 7.11 Å². The summed E-state index contributed by atoms with van der Waals surface area (Å²) in [5.74, 6) is -1.25. The average molecular weight is 297 g/mol. The molecule has 0 fully saturated rings. The van der Waals surface area contributed by atoms with Gasteiger partial charge in [-0.25, -0.2) is 4.79 Å². The molecule has 0 saturated heterocycles. The van der Waals surface area contributed by atoms with Gasteiger partial charge in [-0.1, -0.05) is 30.3 Å². The van der Waals surface area contributed by atoms with E-state index in [1.54, 1.807) is 0 Å². The van der Waals surface area contributed by atoms with Gasteiger partial charge in [0.2, 0.25) is 0 Å². The third kappa shape index (κ3) is 12.2. The molecule has 0 heterocycles. The van der Waals surface area contributed by atoms with Gasteiger partial charge in [-0.05, 0) is 12.0 Å². The second kappa shape index (κ2) is 11.3. The van der Waals surface area contributed by atoms with Crippen molar-refractivity contribution in [1.82, 2.24) is 0 Å². The van der Waals surface area contributed by atoms with E-state index in [0.29, 0.717) is 6.42 Å². The molecule has 3 N–H and O–H groups in total. The molecule has 0 radical (unpaired) electrons. The van der Waals surface area contributed by atoms with Gasteiger partial charge in [0.05, 0.1) is 7.11 Å². The predicted molar refractivity (Wildman–Crippen MR) is 74.3 cm³/mol. The van der Waals surface area contributed by atoms with Gasteiger partial charge in [-0.15, -0.1) is 0 Å². The van der Waals surface area contributed by atoms with E-state index < -0.39 is 12.1 Å². The normalized spacial score (nSPS) is 9.00. The van der Waals surface area contributed by atoms with Crippen LogP contribution in [0.2, 0.25) is 0 Å². The zero-order valence-corrected chi connectivity index (χ0v) is 11.8. The number of aliphatic carboxylic acids is 1. The lowest BCUT2D eigenvalue weighted by Gasteiger charge is -1.99. The van der Waals surface area contributed by atoms with Gasteiger partial charge in [0.1, 0.15) is 6.61 Å². The predicted octanol–water partition coefficient (Wildman–Crippen LogP) is 1.70. The van der Waals surface area contributed by atoms with Crippen LogP contribution in [0.1, 0.15) is 24.8 Å². The average Bonchev–Trinajstić information content (AvgIpc) is 2.46. The number of amides is 1. The molecular formula is C14H19NO6. The molecule has 116 valence electrons. The van der Waals surface area contributed by atoms with Crippen molar-refractivity contribution in [2.75, 3.05) is 7.11 Å². The number of rotatable bonds is 6. The maximum Gasteiger partial charge on any atom is 0.404 e. The molecule has 21 heavy (non-hydrogen) atoms. The smallest absolute Gasteiger partial charge is 0.404 e. The Labute approximate surface area is 122 Å². The maximum atomic E-state index is 10.4. The zero-order valence-electron chi connectivity index (χ0n) is 11.8. The van der Waals surface area contributed by atoms with Crippen molar-refractivity contribution in [3.63, 3.8) is 0 Å². The first kappa shape index (κ1) is 18.4. The summed E-state index contributed by atoms with van der Waals surface area (Å²) >= 11 is 0. The number of carbonyl (C=O) groups excluding carboxylic acids is 2. The van der Waals surface area contributed by atoms with Crippen LogP contribution in [0.25, 0.3) is 0 Å². The highest BCUT2D eigenvalue weighted by atomic mass is 16.5. The fourth-order valence-corrected chi connectivity index (χ4v) is 1.21. The first-order valence-corrected chi connectivity index (χ1v) is 6.20. The van der Waals surface area contributed by atoms with Crippen molar-refractivity contribution in [2.24, 2.45) is 5.73 Å². The minimum atomic E-state index is -0.885. The van der Waals surface area contributed by atoms with Crippen LogP contribution in [0, 0.1) is 0 Å². The molecule has 1 amide bonds. The highest BCUT2D eigenvalue weighted by molar-refractivity contribution is 5.71. The van der Waals surface area contributed by atoms with E-state index in [-0.39, 0.29) is 25.4 Å². The van der Waals surface area contributed by atoms with Gasteiger partial charge in [0.25, 0.3) is 0 Å². The maximum absolute atomic E-state index is 10.4. The van der Waals surface area contributed by atoms with Crippen LogP contribution < -0.4 is 5.73 Å². The van der Waals surface area contributed by atoms with Crippen molar-refractivity contribution < 1.29 is 29.0 Å². The highest BCUT2D eigenvalue weighted by Crippen LogP contribution is 1.99. The van der Waals surface area contributed by atoms with Crippen LogP contribution in [0.5, 0.6) is 0 Å². The molecule has 1 aromatic rings. The van der Waals surface area contributed by atoms with Gasteiger partial charge >= 0.3 is 18.0 Å². The number of primary amides is 1. The molecule has 0 aromatic heterocycles. The van der Waals surface area contributed by atoms with Crippen molar-refractivity contribution >= 4 is 18.0 Å². The summed E-state index contributed by atoms with van der Waals surface area (Å²) in [6.45, 7) is 0.246. The minimum Gasteiger partial charge on any atom is -0.481 e. The second-order valence-corrected chi connectivity index (χ2v) is 3.92. The molecule has 0 saturated carbocycles. The van der Waals surface area contributed by atoms with Crippen molar-refractivity contribution in [1.29, 1.82) is 0 Å². The topological polar surface area (TPSA) is 116 Å². The quantitative estimate of drug-likeness (QED) is 0.772. The number of methoxy groups -OCH3 is 1. The summed E-state index contributed by atoms with van der Waals surface area (Å²) in [5, 5.41) is 8.15. The molecule has 0 aliphatic heterocycles. The Kier molecular flexibility index (Phi) is 9.89. The Morgan fingerprint density at radius 2 is 1.76 bits per heavy atom. The molecule has 7 nitrogen and oxygen atoms in total. The summed E-state index contributed by atoms with van der Waals surface area (Å²) in [7, 11) is 1.28. The fourth-order valence-electron chi connectivity index (χ4n) is 1.21. The summed E-state index contributed by atoms with van der Waals surface area (Å²) in [5.41, 5.74) is 5.72. The Balaban J connectivity index is 0.000000384. The largest absolute Gasteiger partial charge is 0.481 e. The Morgan fingerprint density at radius 1 is 1.14 bits per heavy atom. The molecule has 7 heteroatoms. The number of ether oxygens (including phenoxy) is 2. The van der Waals surface area contributed by atoms with Crippen molar-refractivity contribution in [3.05, 3.63) is 35.9 Å². The van der Waals surface area contributed by atoms with Crippen LogP contribution in [-0.4, -0.2) is 30.2 Å². The number of hydrogen-bond acceptors (Lipinski definition) is 5. The lowest BCUT2D eigenvalue weighted by molar-refractivity contribution is -0.141. The number of hydrogen-bond donors (Lipinski definition) is 2. The molecule has 1 rings (SSSR count). The van der Waals surface area contributed by atoms with Crippen LogP contribution in [0.3, 0.4) is 0 Å². The summed E-state index contributed by atoms with van der Waals surface area (Å²) in [6, 6.07) is 9.37. The van der Waals surface area contributed by atoms with Crippen LogP contribution in [-0.2, 0) is 25.7 Å². The number of carboxylic acids is 1. The molecule has 0 spiro atoms. The minimum absolute atomic E-state index is 0.0229. The highest BCUT2D eigenvalue weighted by Gasteiger charge is 2.01. The molecule has 0 bridgehead atoms. The molecule has 0 atom stereocenters. The molecular weight excluding hydrogens is 278 g/mol. The SMILES string of the molecule is COC(=O)CCCC(=O)O.NC(=O)OCc1ccccc1. The Morgan fingerprint density at radius 3 is 2.24 bits per heavy atom. The lowest BCUT2D eigenvalue weighted by atomic mass is 10.2. The van der Waals surface area contributed by atoms with Gasteiger partial charge in [-0.2, -0.15) is 0 Å². The van der Waals surface area contributed by atoms with Crippen LogP contribution in [0.15, 0.2) is 30.3 Å². The van der Waals surface area contributed by atoms with Gasteiger partial charge in [-0.3, -0.25) is 9.59 Å². The van der Waals surface area contributed by atoms with Crippen LogP contribution in [0.4, 0.5) is 4.79 Å².